The van der Waals surface area contributed by atoms with Gasteiger partial charge in [0, 0.05) is 11.8 Å². The highest BCUT2D eigenvalue weighted by Gasteiger charge is 2.07. The predicted molar refractivity (Wildman–Crippen MR) is 70.8 cm³/mol. The van der Waals surface area contributed by atoms with Gasteiger partial charge in [0.2, 0.25) is 0 Å². The van der Waals surface area contributed by atoms with E-state index in [1.807, 2.05) is 6.92 Å². The summed E-state index contributed by atoms with van der Waals surface area (Å²) < 4.78 is 0. The molecule has 3 nitrogen and oxygen atoms in total. The van der Waals surface area contributed by atoms with E-state index in [0.29, 0.717) is 0 Å². The molecule has 0 bridgehead atoms. The molecule has 0 saturated carbocycles. The van der Waals surface area contributed by atoms with Crippen LogP contribution in [-0.2, 0) is 0 Å². The lowest BCUT2D eigenvalue weighted by atomic mass is 9.96. The number of aryl methyl sites for hydroxylation is 3. The van der Waals surface area contributed by atoms with Gasteiger partial charge in [0.05, 0.1) is 0 Å². The summed E-state index contributed by atoms with van der Waals surface area (Å²) in [6, 6.07) is 7.58. The molecular weight excluding hydrogens is 226 g/mol. The van der Waals surface area contributed by atoms with Crippen LogP contribution in [-0.4, -0.2) is 16.1 Å². The first-order valence-electron chi connectivity index (χ1n) is 5.76. The Morgan fingerprint density at radius 3 is 2.28 bits per heavy atom. The molecule has 0 radical (unpaired) electrons. The molecule has 1 heterocycles. The first kappa shape index (κ1) is 12.3. The fourth-order valence-electron chi connectivity index (χ4n) is 1.95. The number of nitrogens with zero attached hydrogens (tertiary/aromatic N) is 1. The number of carboxylic acid groups (broad SMARTS) is 1. The molecule has 0 aliphatic rings. The van der Waals surface area contributed by atoms with Crippen LogP contribution in [0.1, 0.15) is 27.2 Å². The molecule has 3 heteroatoms. The number of hydrogen-bond donors (Lipinski definition) is 1. The third-order valence-electron chi connectivity index (χ3n) is 3.13. The number of carbonyl (C=O) groups is 1. The second-order valence-electron chi connectivity index (χ2n) is 4.49. The first-order chi connectivity index (χ1) is 8.49. The van der Waals surface area contributed by atoms with Gasteiger partial charge in [-0.2, -0.15) is 0 Å². The summed E-state index contributed by atoms with van der Waals surface area (Å²) in [5.74, 6) is -1.00. The summed E-state index contributed by atoms with van der Waals surface area (Å²) in [6.07, 6.45) is 1.61. The molecule has 0 atom stereocenters. The molecule has 2 aromatic rings. The summed E-state index contributed by atoms with van der Waals surface area (Å²) in [4.78, 5) is 14.7. The summed E-state index contributed by atoms with van der Waals surface area (Å²) in [5, 5.41) is 8.82. The molecule has 0 fully saturated rings. The van der Waals surface area contributed by atoms with Crippen LogP contribution in [0, 0.1) is 20.8 Å². The quantitative estimate of drug-likeness (QED) is 0.876. The maximum Gasteiger partial charge on any atom is 0.354 e. The van der Waals surface area contributed by atoms with Crippen molar-refractivity contribution in [3.8, 4) is 11.1 Å². The van der Waals surface area contributed by atoms with E-state index < -0.39 is 5.97 Å². The third-order valence-corrected chi connectivity index (χ3v) is 3.13. The van der Waals surface area contributed by atoms with Crippen LogP contribution in [0.2, 0.25) is 0 Å². The van der Waals surface area contributed by atoms with Crippen molar-refractivity contribution in [1.29, 1.82) is 0 Å². The maximum atomic E-state index is 10.8. The van der Waals surface area contributed by atoms with Crippen LogP contribution in [0.4, 0.5) is 0 Å². The van der Waals surface area contributed by atoms with E-state index in [-0.39, 0.29) is 5.69 Å². The second kappa shape index (κ2) is 4.61. The van der Waals surface area contributed by atoms with Crippen molar-refractivity contribution in [1.82, 2.24) is 4.98 Å². The second-order valence-corrected chi connectivity index (χ2v) is 4.49. The fraction of sp³-hybridized carbons (Fsp3) is 0.200. The summed E-state index contributed by atoms with van der Waals surface area (Å²) in [5.41, 5.74) is 5.76. The van der Waals surface area contributed by atoms with Crippen molar-refractivity contribution in [3.05, 3.63) is 52.8 Å². The standard InChI is InChI=1S/C15H15NO2/c1-9-6-11(3)13(7-10(9)2)12-4-5-14(15(17)18)16-8-12/h4-8H,1-3H3,(H,17,18). The minimum atomic E-state index is -1.00. The average molecular weight is 241 g/mol. The Morgan fingerprint density at radius 1 is 1.06 bits per heavy atom. The smallest absolute Gasteiger partial charge is 0.354 e. The van der Waals surface area contributed by atoms with Gasteiger partial charge in [-0.15, -0.1) is 0 Å². The number of rotatable bonds is 2. The third kappa shape index (κ3) is 2.25. The lowest BCUT2D eigenvalue weighted by molar-refractivity contribution is 0.0690. The average Bonchev–Trinajstić information content (AvgIpc) is 2.34. The van der Waals surface area contributed by atoms with Gasteiger partial charge >= 0.3 is 5.97 Å². The summed E-state index contributed by atoms with van der Waals surface area (Å²) >= 11 is 0. The molecule has 0 amide bonds. The molecule has 1 aromatic carbocycles. The van der Waals surface area contributed by atoms with Gasteiger partial charge in [0.1, 0.15) is 5.69 Å². The van der Waals surface area contributed by atoms with Crippen LogP contribution in [0.25, 0.3) is 11.1 Å². The van der Waals surface area contributed by atoms with Crippen LogP contribution >= 0.6 is 0 Å². The molecular formula is C15H15NO2. The minimum absolute atomic E-state index is 0.0697. The molecule has 0 aliphatic heterocycles. The molecule has 0 aliphatic carbocycles. The van der Waals surface area contributed by atoms with Crippen molar-refractivity contribution >= 4 is 5.97 Å². The lowest BCUT2D eigenvalue weighted by Crippen LogP contribution is -1.99. The van der Waals surface area contributed by atoms with Crippen LogP contribution in [0.3, 0.4) is 0 Å². The highest BCUT2D eigenvalue weighted by Crippen LogP contribution is 2.25. The highest BCUT2D eigenvalue weighted by atomic mass is 16.4. The van der Waals surface area contributed by atoms with E-state index in [9.17, 15) is 4.79 Å². The Bertz CT molecular complexity index is 601. The number of pyridine rings is 1. The first-order valence-corrected chi connectivity index (χ1v) is 5.76. The predicted octanol–water partition coefficient (Wildman–Crippen LogP) is 3.37. The molecule has 1 aromatic heterocycles. The van der Waals surface area contributed by atoms with E-state index in [0.717, 1.165) is 11.1 Å². The Balaban J connectivity index is 2.49. The van der Waals surface area contributed by atoms with Crippen molar-refractivity contribution in [2.45, 2.75) is 20.8 Å². The van der Waals surface area contributed by atoms with Crippen molar-refractivity contribution in [2.75, 3.05) is 0 Å². The topological polar surface area (TPSA) is 50.2 Å². The number of benzene rings is 1. The molecule has 0 unspecified atom stereocenters. The van der Waals surface area contributed by atoms with Gasteiger partial charge in [-0.05, 0) is 49.1 Å². The van der Waals surface area contributed by atoms with E-state index in [4.69, 9.17) is 5.11 Å². The zero-order valence-electron chi connectivity index (χ0n) is 10.7. The van der Waals surface area contributed by atoms with Crippen molar-refractivity contribution in [2.24, 2.45) is 0 Å². The van der Waals surface area contributed by atoms with Crippen molar-refractivity contribution < 1.29 is 9.90 Å². The monoisotopic (exact) mass is 241 g/mol. The van der Waals surface area contributed by atoms with Crippen LogP contribution in [0.5, 0.6) is 0 Å². The Morgan fingerprint density at radius 2 is 1.72 bits per heavy atom. The van der Waals surface area contributed by atoms with E-state index >= 15 is 0 Å². The molecule has 1 N–H and O–H groups in total. The van der Waals surface area contributed by atoms with E-state index in [1.54, 1.807) is 12.3 Å². The number of hydrogen-bond acceptors (Lipinski definition) is 2. The summed E-state index contributed by atoms with van der Waals surface area (Å²) in [7, 11) is 0. The van der Waals surface area contributed by atoms with E-state index in [2.05, 4.69) is 31.0 Å². The Labute approximate surface area is 106 Å². The Kier molecular flexibility index (Phi) is 3.15. The molecule has 2 rings (SSSR count). The fourth-order valence-corrected chi connectivity index (χ4v) is 1.95. The molecule has 18 heavy (non-hydrogen) atoms. The number of carboxylic acids is 1. The van der Waals surface area contributed by atoms with Gasteiger partial charge in [-0.25, -0.2) is 9.78 Å². The largest absolute Gasteiger partial charge is 0.477 e. The number of aromatic nitrogens is 1. The van der Waals surface area contributed by atoms with Gasteiger partial charge in [-0.3, -0.25) is 0 Å². The Hall–Kier alpha value is -2.16. The van der Waals surface area contributed by atoms with Gasteiger partial charge < -0.3 is 5.11 Å². The minimum Gasteiger partial charge on any atom is -0.477 e. The lowest BCUT2D eigenvalue weighted by Gasteiger charge is -2.09. The van der Waals surface area contributed by atoms with Crippen molar-refractivity contribution in [3.63, 3.8) is 0 Å². The van der Waals surface area contributed by atoms with Crippen LogP contribution < -0.4 is 0 Å². The zero-order chi connectivity index (χ0) is 13.3. The SMILES string of the molecule is Cc1cc(C)c(-c2ccc(C(=O)O)nc2)cc1C. The maximum absolute atomic E-state index is 10.8. The highest BCUT2D eigenvalue weighted by molar-refractivity contribution is 5.85. The molecule has 92 valence electrons. The van der Waals surface area contributed by atoms with Gasteiger partial charge in [0.25, 0.3) is 0 Å². The van der Waals surface area contributed by atoms with Gasteiger partial charge in [0.15, 0.2) is 0 Å². The summed E-state index contributed by atoms with van der Waals surface area (Å²) in [6.45, 7) is 6.20. The van der Waals surface area contributed by atoms with Gasteiger partial charge in [-0.1, -0.05) is 18.2 Å². The zero-order valence-corrected chi connectivity index (χ0v) is 10.7. The normalized spacial score (nSPS) is 10.4. The van der Waals surface area contributed by atoms with Crippen LogP contribution in [0.15, 0.2) is 30.5 Å². The molecule has 0 spiro atoms. The molecule has 0 saturated heterocycles. The van der Waals surface area contributed by atoms with E-state index in [1.165, 1.54) is 22.8 Å². The number of aromatic carboxylic acids is 1.